The zero-order chi connectivity index (χ0) is 15.2. The van der Waals surface area contributed by atoms with Gasteiger partial charge in [-0.05, 0) is 19.1 Å². The van der Waals surface area contributed by atoms with Crippen LogP contribution in [0.2, 0.25) is 0 Å². The lowest BCUT2D eigenvalue weighted by Gasteiger charge is -2.06. The molecule has 2 aromatic heterocycles. The summed E-state index contributed by atoms with van der Waals surface area (Å²) in [6.45, 7) is 2.59. The lowest BCUT2D eigenvalue weighted by molar-refractivity contribution is -0.117. The quantitative estimate of drug-likeness (QED) is 0.802. The highest BCUT2D eigenvalue weighted by Gasteiger charge is 2.16. The molecule has 2 N–H and O–H groups in total. The Morgan fingerprint density at radius 1 is 1.43 bits per heavy atom. The third kappa shape index (κ3) is 3.63. The summed E-state index contributed by atoms with van der Waals surface area (Å²) in [4.78, 5) is 22.6. The van der Waals surface area contributed by atoms with Gasteiger partial charge < -0.3 is 9.73 Å². The molecule has 0 aromatic carbocycles. The van der Waals surface area contributed by atoms with Gasteiger partial charge in [-0.3, -0.25) is 14.7 Å². The van der Waals surface area contributed by atoms with E-state index in [4.69, 9.17) is 4.42 Å². The molecule has 9 heteroatoms. The van der Waals surface area contributed by atoms with E-state index in [1.165, 1.54) is 18.8 Å². The fraction of sp³-hybridized carbons (Fsp3) is 0.333. The molecule has 2 rings (SSSR count). The van der Waals surface area contributed by atoms with Crippen LogP contribution in [-0.4, -0.2) is 39.5 Å². The molecule has 3 amide bonds. The highest BCUT2D eigenvalue weighted by atomic mass is 32.2. The minimum Gasteiger partial charge on any atom is -0.461 e. The van der Waals surface area contributed by atoms with Crippen LogP contribution in [-0.2, 0) is 11.3 Å². The number of amides is 3. The van der Waals surface area contributed by atoms with Gasteiger partial charge in [-0.2, -0.15) is 0 Å². The molecule has 0 bridgehead atoms. The van der Waals surface area contributed by atoms with Crippen molar-refractivity contribution >= 4 is 23.7 Å². The van der Waals surface area contributed by atoms with Crippen molar-refractivity contribution in [2.75, 3.05) is 12.8 Å². The van der Waals surface area contributed by atoms with Gasteiger partial charge in [0.2, 0.25) is 5.91 Å². The van der Waals surface area contributed by atoms with Crippen molar-refractivity contribution < 1.29 is 14.0 Å². The predicted molar refractivity (Wildman–Crippen MR) is 76.7 cm³/mol. The Morgan fingerprint density at radius 2 is 2.24 bits per heavy atom. The summed E-state index contributed by atoms with van der Waals surface area (Å²) in [6.07, 6.45) is 1.56. The smallest absolute Gasteiger partial charge is 0.321 e. The maximum atomic E-state index is 11.6. The third-order valence-corrected chi connectivity index (χ3v) is 3.55. The number of aromatic nitrogens is 3. The Bertz CT molecular complexity index is 623. The number of thioether (sulfide) groups is 1. The molecule has 0 radical (unpaired) electrons. The summed E-state index contributed by atoms with van der Waals surface area (Å²) < 4.78 is 7.15. The first kappa shape index (κ1) is 15.1. The summed E-state index contributed by atoms with van der Waals surface area (Å²) >= 11 is 1.21. The molecule has 2 aromatic rings. The van der Waals surface area contributed by atoms with Crippen LogP contribution in [0.1, 0.15) is 6.92 Å². The number of rotatable bonds is 5. The molecule has 0 spiro atoms. The summed E-state index contributed by atoms with van der Waals surface area (Å²) in [5, 5.41) is 13.2. The number of hydrogen-bond acceptors (Lipinski definition) is 6. The average Bonchev–Trinajstić information content (AvgIpc) is 3.13. The molecule has 2 heterocycles. The third-order valence-electron chi connectivity index (χ3n) is 2.59. The largest absolute Gasteiger partial charge is 0.461 e. The van der Waals surface area contributed by atoms with Crippen molar-refractivity contribution in [1.29, 1.82) is 0 Å². The topological polar surface area (TPSA) is 102 Å². The van der Waals surface area contributed by atoms with E-state index in [0.29, 0.717) is 23.3 Å². The zero-order valence-electron chi connectivity index (χ0n) is 11.6. The molecule has 112 valence electrons. The van der Waals surface area contributed by atoms with E-state index in [2.05, 4.69) is 20.8 Å². The van der Waals surface area contributed by atoms with Crippen LogP contribution in [0, 0.1) is 0 Å². The Kier molecular flexibility index (Phi) is 4.99. The van der Waals surface area contributed by atoms with Crippen molar-refractivity contribution in [3.8, 4) is 11.6 Å². The van der Waals surface area contributed by atoms with E-state index in [9.17, 15) is 9.59 Å². The maximum Gasteiger partial charge on any atom is 0.321 e. The second-order valence-electron chi connectivity index (χ2n) is 3.94. The highest BCUT2D eigenvalue weighted by molar-refractivity contribution is 7.99. The first-order valence-electron chi connectivity index (χ1n) is 6.27. The second-order valence-corrected chi connectivity index (χ2v) is 4.89. The summed E-state index contributed by atoms with van der Waals surface area (Å²) in [5.41, 5.74) is 0. The van der Waals surface area contributed by atoms with Gasteiger partial charge in [-0.1, -0.05) is 11.8 Å². The molecular weight excluding hydrogens is 294 g/mol. The minimum atomic E-state index is -0.533. The van der Waals surface area contributed by atoms with Crippen LogP contribution < -0.4 is 10.6 Å². The van der Waals surface area contributed by atoms with Crippen LogP contribution >= 0.6 is 11.8 Å². The van der Waals surface area contributed by atoms with Gasteiger partial charge in [0, 0.05) is 13.6 Å². The number of nitrogens with zero attached hydrogens (tertiary/aromatic N) is 3. The molecule has 0 atom stereocenters. The lowest BCUT2D eigenvalue weighted by atomic mass is 10.4. The number of carbonyl (C=O) groups is 2. The number of carbonyl (C=O) groups excluding carboxylic acids is 2. The summed E-state index contributed by atoms with van der Waals surface area (Å²) in [5.74, 6) is 0.899. The fourth-order valence-electron chi connectivity index (χ4n) is 1.62. The Labute approximate surface area is 125 Å². The molecule has 0 aliphatic rings. The highest BCUT2D eigenvalue weighted by Crippen LogP contribution is 2.23. The zero-order valence-corrected chi connectivity index (χ0v) is 12.4. The number of imide groups is 1. The van der Waals surface area contributed by atoms with Crippen LogP contribution in [0.3, 0.4) is 0 Å². The molecule has 0 fully saturated rings. The van der Waals surface area contributed by atoms with Gasteiger partial charge in [0.05, 0.1) is 12.0 Å². The van der Waals surface area contributed by atoms with Crippen LogP contribution in [0.5, 0.6) is 0 Å². The SMILES string of the molecule is CCn1c(SCC(=O)NC(=O)NC)nnc1-c1ccco1. The van der Waals surface area contributed by atoms with Gasteiger partial charge in [-0.25, -0.2) is 4.79 Å². The van der Waals surface area contributed by atoms with E-state index < -0.39 is 11.9 Å². The van der Waals surface area contributed by atoms with Gasteiger partial charge in [0.25, 0.3) is 0 Å². The van der Waals surface area contributed by atoms with E-state index in [1.807, 2.05) is 11.5 Å². The molecule has 8 nitrogen and oxygen atoms in total. The number of urea groups is 1. The van der Waals surface area contributed by atoms with Gasteiger partial charge in [0.1, 0.15) is 0 Å². The van der Waals surface area contributed by atoms with Crippen LogP contribution in [0.15, 0.2) is 28.0 Å². The van der Waals surface area contributed by atoms with E-state index in [1.54, 1.807) is 18.4 Å². The second kappa shape index (κ2) is 6.93. The van der Waals surface area contributed by atoms with E-state index in [0.717, 1.165) is 0 Å². The van der Waals surface area contributed by atoms with Crippen molar-refractivity contribution in [3.63, 3.8) is 0 Å². The molecule has 0 unspecified atom stereocenters. The maximum absolute atomic E-state index is 11.6. The monoisotopic (exact) mass is 309 g/mol. The van der Waals surface area contributed by atoms with Gasteiger partial charge >= 0.3 is 6.03 Å². The molecule has 0 aliphatic heterocycles. The molecule has 0 saturated carbocycles. The molecule has 21 heavy (non-hydrogen) atoms. The van der Waals surface area contributed by atoms with E-state index in [-0.39, 0.29) is 5.75 Å². The average molecular weight is 309 g/mol. The number of hydrogen-bond donors (Lipinski definition) is 2. The predicted octanol–water partition coefficient (Wildman–Crippen LogP) is 1.11. The normalized spacial score (nSPS) is 10.4. The van der Waals surface area contributed by atoms with Gasteiger partial charge in [0.15, 0.2) is 16.7 Å². The van der Waals surface area contributed by atoms with Crippen molar-refractivity contribution in [2.45, 2.75) is 18.6 Å². The van der Waals surface area contributed by atoms with Crippen LogP contribution in [0.4, 0.5) is 4.79 Å². The number of nitrogens with one attached hydrogen (secondary N) is 2. The minimum absolute atomic E-state index is 0.0731. The summed E-state index contributed by atoms with van der Waals surface area (Å²) in [7, 11) is 1.44. The first-order chi connectivity index (χ1) is 10.2. The Balaban J connectivity index is 2.04. The number of furan rings is 1. The standard InChI is InChI=1S/C12H15N5O3S/c1-3-17-10(8-5-4-6-20-8)15-16-12(17)21-7-9(18)14-11(19)13-2/h4-6H,3,7H2,1-2H3,(H2,13,14,18,19). The van der Waals surface area contributed by atoms with Crippen molar-refractivity contribution in [2.24, 2.45) is 0 Å². The molecular formula is C12H15N5O3S. The summed E-state index contributed by atoms with van der Waals surface area (Å²) in [6, 6.07) is 3.03. The molecule has 0 saturated heterocycles. The first-order valence-corrected chi connectivity index (χ1v) is 7.25. The Morgan fingerprint density at radius 3 is 2.86 bits per heavy atom. The van der Waals surface area contributed by atoms with Crippen molar-refractivity contribution in [1.82, 2.24) is 25.4 Å². The van der Waals surface area contributed by atoms with Gasteiger partial charge in [-0.15, -0.1) is 10.2 Å². The molecule has 0 aliphatic carbocycles. The van der Waals surface area contributed by atoms with E-state index >= 15 is 0 Å². The van der Waals surface area contributed by atoms with Crippen molar-refractivity contribution in [3.05, 3.63) is 18.4 Å². The Hall–Kier alpha value is -2.29. The lowest BCUT2D eigenvalue weighted by Crippen LogP contribution is -2.38. The fourth-order valence-corrected chi connectivity index (χ4v) is 2.43. The van der Waals surface area contributed by atoms with Crippen LogP contribution in [0.25, 0.3) is 11.6 Å².